The minimum atomic E-state index is -0.184. The molecule has 7 heteroatoms. The van der Waals surface area contributed by atoms with Gasteiger partial charge < -0.3 is 9.88 Å². The highest BCUT2D eigenvalue weighted by Gasteiger charge is 2.13. The number of imidazole rings is 1. The van der Waals surface area contributed by atoms with E-state index in [0.29, 0.717) is 23.7 Å². The molecule has 0 atom stereocenters. The van der Waals surface area contributed by atoms with Gasteiger partial charge in [0.05, 0.1) is 34.7 Å². The van der Waals surface area contributed by atoms with Crippen LogP contribution in [0.1, 0.15) is 22.8 Å². The monoisotopic (exact) mass is 441 g/mol. The van der Waals surface area contributed by atoms with Gasteiger partial charge >= 0.3 is 0 Å². The summed E-state index contributed by atoms with van der Waals surface area (Å²) in [7, 11) is 0. The first-order chi connectivity index (χ1) is 15.6. The standard InChI is InChI=1S/C25H20ClN5O/c1-2-27-25(32)19-7-6-18(13-20(19)26)22-9-10-23-24(30-22)31(15-29-23)14-16-5-8-21-17(12-16)4-3-11-28-21/h3-13,15H,2,14H2,1H3,(H,27,32). The number of aromatic nitrogens is 4. The molecular formula is C25H20ClN5O. The third-order valence-corrected chi connectivity index (χ3v) is 5.64. The molecule has 5 aromatic rings. The number of benzene rings is 2. The van der Waals surface area contributed by atoms with Crippen LogP contribution >= 0.6 is 11.6 Å². The van der Waals surface area contributed by atoms with E-state index >= 15 is 0 Å². The van der Waals surface area contributed by atoms with Crippen molar-refractivity contribution in [2.24, 2.45) is 0 Å². The number of carbonyl (C=O) groups is 1. The Kier molecular flexibility index (Phi) is 5.29. The second-order valence-corrected chi connectivity index (χ2v) is 7.90. The van der Waals surface area contributed by atoms with Gasteiger partial charge in [0.1, 0.15) is 5.52 Å². The highest BCUT2D eigenvalue weighted by atomic mass is 35.5. The van der Waals surface area contributed by atoms with Crippen molar-refractivity contribution in [3.63, 3.8) is 0 Å². The molecule has 0 saturated carbocycles. The molecule has 0 aliphatic heterocycles. The molecule has 3 heterocycles. The summed E-state index contributed by atoms with van der Waals surface area (Å²) >= 11 is 6.38. The van der Waals surface area contributed by atoms with Crippen LogP contribution < -0.4 is 5.32 Å². The highest BCUT2D eigenvalue weighted by Crippen LogP contribution is 2.26. The molecule has 0 spiro atoms. The Bertz CT molecular complexity index is 1460. The van der Waals surface area contributed by atoms with Gasteiger partial charge in [0, 0.05) is 23.7 Å². The lowest BCUT2D eigenvalue weighted by Gasteiger charge is -2.09. The first-order valence-corrected chi connectivity index (χ1v) is 10.7. The van der Waals surface area contributed by atoms with E-state index in [1.54, 1.807) is 24.7 Å². The van der Waals surface area contributed by atoms with Gasteiger partial charge in [0.15, 0.2) is 5.65 Å². The molecule has 0 aliphatic rings. The molecule has 1 N–H and O–H groups in total. The average molecular weight is 442 g/mol. The summed E-state index contributed by atoms with van der Waals surface area (Å²) in [6.45, 7) is 3.07. The van der Waals surface area contributed by atoms with Crippen LogP contribution in [0.2, 0.25) is 5.02 Å². The van der Waals surface area contributed by atoms with E-state index in [4.69, 9.17) is 16.6 Å². The number of amides is 1. The number of halogens is 1. The van der Waals surface area contributed by atoms with Crippen LogP contribution in [-0.2, 0) is 6.54 Å². The topological polar surface area (TPSA) is 72.7 Å². The molecule has 0 saturated heterocycles. The van der Waals surface area contributed by atoms with Gasteiger partial charge in [-0.1, -0.05) is 29.8 Å². The SMILES string of the molecule is CCNC(=O)c1ccc(-c2ccc3ncn(Cc4ccc5ncccc5c4)c3n2)cc1Cl. The van der Waals surface area contributed by atoms with Crippen LogP contribution in [0.5, 0.6) is 0 Å². The van der Waals surface area contributed by atoms with Crippen LogP contribution in [0, 0.1) is 0 Å². The lowest BCUT2D eigenvalue weighted by atomic mass is 10.1. The Morgan fingerprint density at radius 3 is 2.75 bits per heavy atom. The molecule has 1 amide bonds. The van der Waals surface area contributed by atoms with Crippen LogP contribution in [0.25, 0.3) is 33.3 Å². The number of pyridine rings is 2. The Morgan fingerprint density at radius 2 is 1.91 bits per heavy atom. The van der Waals surface area contributed by atoms with E-state index in [-0.39, 0.29) is 5.91 Å². The molecule has 3 aromatic heterocycles. The second-order valence-electron chi connectivity index (χ2n) is 7.50. The molecule has 0 unspecified atom stereocenters. The van der Waals surface area contributed by atoms with E-state index in [2.05, 4.69) is 33.5 Å². The third-order valence-electron chi connectivity index (χ3n) is 5.33. The Balaban J connectivity index is 1.48. The molecule has 5 rings (SSSR count). The quantitative estimate of drug-likeness (QED) is 0.412. The zero-order chi connectivity index (χ0) is 22.1. The maximum Gasteiger partial charge on any atom is 0.252 e. The van der Waals surface area contributed by atoms with Crippen molar-refractivity contribution in [1.29, 1.82) is 0 Å². The fourth-order valence-electron chi connectivity index (χ4n) is 3.75. The first-order valence-electron chi connectivity index (χ1n) is 10.4. The molecule has 6 nitrogen and oxygen atoms in total. The maximum absolute atomic E-state index is 12.1. The Morgan fingerprint density at radius 1 is 1.03 bits per heavy atom. The zero-order valence-electron chi connectivity index (χ0n) is 17.4. The summed E-state index contributed by atoms with van der Waals surface area (Å²) in [5, 5.41) is 4.27. The van der Waals surface area contributed by atoms with Crippen molar-refractivity contribution in [3.8, 4) is 11.3 Å². The minimum absolute atomic E-state index is 0.184. The summed E-state index contributed by atoms with van der Waals surface area (Å²) in [6.07, 6.45) is 3.60. The number of nitrogens with one attached hydrogen (secondary N) is 1. The van der Waals surface area contributed by atoms with Crippen molar-refractivity contribution in [3.05, 3.63) is 89.3 Å². The molecular weight excluding hydrogens is 422 g/mol. The lowest BCUT2D eigenvalue weighted by Crippen LogP contribution is -2.22. The van der Waals surface area contributed by atoms with Crippen molar-refractivity contribution < 1.29 is 4.79 Å². The molecule has 0 bridgehead atoms. The summed E-state index contributed by atoms with van der Waals surface area (Å²) < 4.78 is 2.03. The van der Waals surface area contributed by atoms with Crippen LogP contribution in [0.4, 0.5) is 0 Å². The molecule has 32 heavy (non-hydrogen) atoms. The number of carbonyl (C=O) groups excluding carboxylic acids is 1. The maximum atomic E-state index is 12.1. The third kappa shape index (κ3) is 3.81. The van der Waals surface area contributed by atoms with E-state index in [1.165, 1.54) is 0 Å². The Hall–Kier alpha value is -3.77. The van der Waals surface area contributed by atoms with Crippen LogP contribution in [-0.4, -0.2) is 32.0 Å². The Labute approximate surface area is 189 Å². The van der Waals surface area contributed by atoms with Gasteiger partial charge in [0.2, 0.25) is 0 Å². The average Bonchev–Trinajstić information content (AvgIpc) is 3.21. The number of hydrogen-bond acceptors (Lipinski definition) is 4. The van der Waals surface area contributed by atoms with E-state index in [1.807, 2.05) is 41.8 Å². The van der Waals surface area contributed by atoms with E-state index < -0.39 is 0 Å². The van der Waals surface area contributed by atoms with Crippen molar-refractivity contribution >= 4 is 39.6 Å². The predicted molar refractivity (Wildman–Crippen MR) is 127 cm³/mol. The molecule has 158 valence electrons. The zero-order valence-corrected chi connectivity index (χ0v) is 18.2. The van der Waals surface area contributed by atoms with E-state index in [9.17, 15) is 4.79 Å². The van der Waals surface area contributed by atoms with Gasteiger partial charge in [-0.05, 0) is 55.0 Å². The summed E-state index contributed by atoms with van der Waals surface area (Å²) in [5.41, 5.74) is 5.79. The van der Waals surface area contributed by atoms with Crippen LogP contribution in [0.3, 0.4) is 0 Å². The summed E-state index contributed by atoms with van der Waals surface area (Å²) in [4.78, 5) is 25.8. The van der Waals surface area contributed by atoms with Gasteiger partial charge in [-0.25, -0.2) is 9.97 Å². The van der Waals surface area contributed by atoms with Crippen molar-refractivity contribution in [1.82, 2.24) is 24.8 Å². The fourth-order valence-corrected chi connectivity index (χ4v) is 4.02. The first kappa shape index (κ1) is 20.2. The number of rotatable bonds is 5. The highest BCUT2D eigenvalue weighted by molar-refractivity contribution is 6.34. The normalized spacial score (nSPS) is 11.2. The molecule has 0 aliphatic carbocycles. The van der Waals surface area contributed by atoms with Gasteiger partial charge in [-0.15, -0.1) is 0 Å². The minimum Gasteiger partial charge on any atom is -0.352 e. The second kappa shape index (κ2) is 8.40. The summed E-state index contributed by atoms with van der Waals surface area (Å²) in [6, 6.07) is 19.5. The van der Waals surface area contributed by atoms with Crippen molar-refractivity contribution in [2.75, 3.05) is 6.54 Å². The predicted octanol–water partition coefficient (Wildman–Crippen LogP) is 5.10. The van der Waals surface area contributed by atoms with Crippen molar-refractivity contribution in [2.45, 2.75) is 13.5 Å². The summed E-state index contributed by atoms with van der Waals surface area (Å²) in [5.74, 6) is -0.184. The number of hydrogen-bond donors (Lipinski definition) is 1. The van der Waals surface area contributed by atoms with Crippen LogP contribution in [0.15, 0.2) is 73.2 Å². The van der Waals surface area contributed by atoms with Gasteiger partial charge in [-0.3, -0.25) is 9.78 Å². The molecule has 0 fully saturated rings. The van der Waals surface area contributed by atoms with Gasteiger partial charge in [-0.2, -0.15) is 0 Å². The molecule has 2 aromatic carbocycles. The van der Waals surface area contributed by atoms with E-state index in [0.717, 1.165) is 38.9 Å². The van der Waals surface area contributed by atoms with Gasteiger partial charge in [0.25, 0.3) is 5.91 Å². The molecule has 0 radical (unpaired) electrons. The lowest BCUT2D eigenvalue weighted by molar-refractivity contribution is 0.0956. The fraction of sp³-hybridized carbons (Fsp3) is 0.120. The largest absolute Gasteiger partial charge is 0.352 e. The number of nitrogens with zero attached hydrogens (tertiary/aromatic N) is 4. The smallest absolute Gasteiger partial charge is 0.252 e. The number of fused-ring (bicyclic) bond motifs is 2.